The van der Waals surface area contributed by atoms with Gasteiger partial charge in [0.2, 0.25) is 5.91 Å². The highest BCUT2D eigenvalue weighted by atomic mass is 35.5. The second kappa shape index (κ2) is 9.44. The van der Waals surface area contributed by atoms with Gasteiger partial charge >= 0.3 is 0 Å². The van der Waals surface area contributed by atoms with Gasteiger partial charge in [-0.1, -0.05) is 60.8 Å². The van der Waals surface area contributed by atoms with Crippen LogP contribution in [0.2, 0.25) is 10.0 Å². The van der Waals surface area contributed by atoms with E-state index in [0.717, 1.165) is 17.1 Å². The highest BCUT2D eigenvalue weighted by Gasteiger charge is 2.29. The number of nitrogens with zero attached hydrogens (tertiary/aromatic N) is 1. The van der Waals surface area contributed by atoms with E-state index in [1.807, 2.05) is 13.8 Å². The summed E-state index contributed by atoms with van der Waals surface area (Å²) in [6.07, 6.45) is 1.71. The molecule has 2 aromatic rings. The Bertz CT molecular complexity index is 889. The summed E-state index contributed by atoms with van der Waals surface area (Å²) < 4.78 is 27.4. The lowest BCUT2D eigenvalue weighted by molar-refractivity contribution is -0.120. The SMILES string of the molecule is CCC[C@H](C)NC(=O)CN(c1cccc(Cl)c1Cl)S(=O)(=O)c1ccccc1. The molecule has 0 aliphatic carbocycles. The summed E-state index contributed by atoms with van der Waals surface area (Å²) in [7, 11) is -4.01. The fourth-order valence-corrected chi connectivity index (χ4v) is 4.56. The Morgan fingerprint density at radius 1 is 1.11 bits per heavy atom. The van der Waals surface area contributed by atoms with Crippen LogP contribution < -0.4 is 9.62 Å². The van der Waals surface area contributed by atoms with Crippen LogP contribution in [0.4, 0.5) is 5.69 Å². The zero-order valence-corrected chi connectivity index (χ0v) is 17.5. The van der Waals surface area contributed by atoms with Gasteiger partial charge in [0.25, 0.3) is 10.0 Å². The van der Waals surface area contributed by atoms with E-state index < -0.39 is 22.5 Å². The number of carbonyl (C=O) groups is 1. The van der Waals surface area contributed by atoms with Crippen LogP contribution >= 0.6 is 23.2 Å². The molecule has 5 nitrogen and oxygen atoms in total. The predicted octanol–water partition coefficient (Wildman–Crippen LogP) is 4.49. The molecule has 0 bridgehead atoms. The molecule has 1 N–H and O–H groups in total. The van der Waals surface area contributed by atoms with E-state index >= 15 is 0 Å². The molecule has 8 heteroatoms. The van der Waals surface area contributed by atoms with Crippen LogP contribution in [-0.2, 0) is 14.8 Å². The lowest BCUT2D eigenvalue weighted by atomic mass is 10.2. The molecule has 0 spiro atoms. The molecular formula is C19H22Cl2N2O3S. The van der Waals surface area contributed by atoms with Gasteiger partial charge < -0.3 is 5.32 Å². The van der Waals surface area contributed by atoms with Gasteiger partial charge in [-0.05, 0) is 37.6 Å². The summed E-state index contributed by atoms with van der Waals surface area (Å²) in [5.41, 5.74) is 0.159. The molecule has 0 heterocycles. The Balaban J connectivity index is 2.43. The summed E-state index contributed by atoms with van der Waals surface area (Å²) >= 11 is 12.3. The molecule has 146 valence electrons. The molecule has 2 rings (SSSR count). The molecule has 0 saturated carbocycles. The largest absolute Gasteiger partial charge is 0.352 e. The maximum atomic E-state index is 13.2. The second-order valence-corrected chi connectivity index (χ2v) is 8.80. The highest BCUT2D eigenvalue weighted by Crippen LogP contribution is 2.35. The first-order valence-corrected chi connectivity index (χ1v) is 10.8. The van der Waals surface area contributed by atoms with Crippen LogP contribution in [0.3, 0.4) is 0 Å². The van der Waals surface area contributed by atoms with Crippen molar-refractivity contribution in [3.8, 4) is 0 Å². The molecule has 0 fully saturated rings. The van der Waals surface area contributed by atoms with E-state index in [-0.39, 0.29) is 26.7 Å². The third-order valence-corrected chi connectivity index (χ3v) is 6.53. The van der Waals surface area contributed by atoms with Crippen LogP contribution in [0.1, 0.15) is 26.7 Å². The predicted molar refractivity (Wildman–Crippen MR) is 110 cm³/mol. The van der Waals surface area contributed by atoms with Crippen LogP contribution in [0, 0.1) is 0 Å². The molecule has 0 aliphatic rings. The van der Waals surface area contributed by atoms with Crippen molar-refractivity contribution < 1.29 is 13.2 Å². The average molecular weight is 429 g/mol. The van der Waals surface area contributed by atoms with Gasteiger partial charge in [0.1, 0.15) is 6.54 Å². The minimum Gasteiger partial charge on any atom is -0.352 e. The molecule has 27 heavy (non-hydrogen) atoms. The fourth-order valence-electron chi connectivity index (χ4n) is 2.66. The highest BCUT2D eigenvalue weighted by molar-refractivity contribution is 7.92. The van der Waals surface area contributed by atoms with E-state index in [0.29, 0.717) is 0 Å². The number of rotatable bonds is 8. The Morgan fingerprint density at radius 3 is 2.41 bits per heavy atom. The standard InChI is InChI=1S/C19H22Cl2N2O3S/c1-3-8-14(2)22-18(24)13-23(17-12-7-11-16(20)19(17)21)27(25,26)15-9-5-4-6-10-15/h4-7,9-12,14H,3,8,13H2,1-2H3,(H,22,24)/t14-/m0/s1. The molecular weight excluding hydrogens is 407 g/mol. The van der Waals surface area contributed by atoms with Crippen LogP contribution in [0.25, 0.3) is 0 Å². The monoisotopic (exact) mass is 428 g/mol. The maximum Gasteiger partial charge on any atom is 0.264 e. The molecule has 1 atom stereocenters. The fraction of sp³-hybridized carbons (Fsp3) is 0.316. The number of carbonyl (C=O) groups excluding carboxylic acids is 1. The zero-order valence-electron chi connectivity index (χ0n) is 15.2. The Morgan fingerprint density at radius 2 is 1.78 bits per heavy atom. The Hall–Kier alpha value is -1.76. The van der Waals surface area contributed by atoms with Crippen molar-refractivity contribution in [2.45, 2.75) is 37.6 Å². The maximum absolute atomic E-state index is 13.2. The van der Waals surface area contributed by atoms with E-state index in [2.05, 4.69) is 5.32 Å². The number of benzene rings is 2. The summed E-state index contributed by atoms with van der Waals surface area (Å²) in [4.78, 5) is 12.6. The Kier molecular flexibility index (Phi) is 7.53. The van der Waals surface area contributed by atoms with E-state index in [4.69, 9.17) is 23.2 Å². The van der Waals surface area contributed by atoms with Crippen molar-refractivity contribution in [3.05, 3.63) is 58.6 Å². The smallest absolute Gasteiger partial charge is 0.264 e. The van der Waals surface area contributed by atoms with E-state index in [1.54, 1.807) is 30.3 Å². The number of anilines is 1. The number of hydrogen-bond donors (Lipinski definition) is 1. The van der Waals surface area contributed by atoms with E-state index in [1.165, 1.54) is 18.2 Å². The average Bonchev–Trinajstić information content (AvgIpc) is 2.63. The number of halogens is 2. The third kappa shape index (κ3) is 5.37. The van der Waals surface area contributed by atoms with Gasteiger partial charge in [-0.25, -0.2) is 8.42 Å². The minimum atomic E-state index is -4.01. The van der Waals surface area contributed by atoms with Gasteiger partial charge in [-0.15, -0.1) is 0 Å². The lowest BCUT2D eigenvalue weighted by Crippen LogP contribution is -2.43. The Labute approximate surface area is 170 Å². The van der Waals surface area contributed by atoms with Crippen LogP contribution in [0.5, 0.6) is 0 Å². The van der Waals surface area contributed by atoms with E-state index in [9.17, 15) is 13.2 Å². The van der Waals surface area contributed by atoms with Gasteiger partial charge in [0.05, 0.1) is 20.6 Å². The quantitative estimate of drug-likeness (QED) is 0.672. The number of sulfonamides is 1. The van der Waals surface area contributed by atoms with Crippen molar-refractivity contribution >= 4 is 44.8 Å². The third-order valence-electron chi connectivity index (χ3n) is 3.95. The molecule has 0 aromatic heterocycles. The normalized spacial score (nSPS) is 12.4. The molecule has 0 aliphatic heterocycles. The summed E-state index contributed by atoms with van der Waals surface area (Å²) in [5.74, 6) is -0.411. The summed E-state index contributed by atoms with van der Waals surface area (Å²) in [6, 6.07) is 12.5. The first-order valence-electron chi connectivity index (χ1n) is 8.58. The van der Waals surface area contributed by atoms with Gasteiger partial charge in [0, 0.05) is 6.04 Å². The topological polar surface area (TPSA) is 66.5 Å². The lowest BCUT2D eigenvalue weighted by Gasteiger charge is -2.26. The molecule has 0 unspecified atom stereocenters. The molecule has 1 amide bonds. The van der Waals surface area contributed by atoms with Gasteiger partial charge in [-0.2, -0.15) is 0 Å². The first-order chi connectivity index (χ1) is 12.8. The first kappa shape index (κ1) is 21.5. The summed E-state index contributed by atoms with van der Waals surface area (Å²) in [6.45, 7) is 3.50. The second-order valence-electron chi connectivity index (χ2n) is 6.15. The van der Waals surface area contributed by atoms with Crippen molar-refractivity contribution in [1.29, 1.82) is 0 Å². The van der Waals surface area contributed by atoms with Gasteiger partial charge in [-0.3, -0.25) is 9.10 Å². The van der Waals surface area contributed by atoms with Crippen molar-refractivity contribution in [3.63, 3.8) is 0 Å². The number of amides is 1. The zero-order chi connectivity index (χ0) is 20.0. The van der Waals surface area contributed by atoms with Crippen molar-refractivity contribution in [2.75, 3.05) is 10.8 Å². The molecule has 0 radical (unpaired) electrons. The molecule has 0 saturated heterocycles. The minimum absolute atomic E-state index is 0.0568. The van der Waals surface area contributed by atoms with Crippen LogP contribution in [0.15, 0.2) is 53.4 Å². The number of hydrogen-bond acceptors (Lipinski definition) is 3. The van der Waals surface area contributed by atoms with Gasteiger partial charge in [0.15, 0.2) is 0 Å². The molecule has 2 aromatic carbocycles. The summed E-state index contributed by atoms with van der Waals surface area (Å²) in [5, 5.41) is 3.10. The van der Waals surface area contributed by atoms with Crippen molar-refractivity contribution in [2.24, 2.45) is 0 Å². The van der Waals surface area contributed by atoms with Crippen LogP contribution in [-0.4, -0.2) is 26.9 Å². The van der Waals surface area contributed by atoms with Crippen molar-refractivity contribution in [1.82, 2.24) is 5.32 Å². The number of nitrogens with one attached hydrogen (secondary N) is 1.